The van der Waals surface area contributed by atoms with Crippen LogP contribution >= 0.6 is 0 Å². The van der Waals surface area contributed by atoms with Gasteiger partial charge < -0.3 is 20.7 Å². The molecule has 152 valence electrons. The first-order valence-electron chi connectivity index (χ1n) is 8.93. The molecule has 1 aromatic heterocycles. The molecule has 1 amide bonds. The lowest BCUT2D eigenvalue weighted by molar-refractivity contribution is 0.0948. The van der Waals surface area contributed by atoms with Crippen molar-refractivity contribution in [2.45, 2.75) is 12.8 Å². The third-order valence-electron chi connectivity index (χ3n) is 4.37. The fourth-order valence-corrected chi connectivity index (χ4v) is 2.80. The molecule has 4 N–H and O–H groups in total. The lowest BCUT2D eigenvalue weighted by Gasteiger charge is -2.12. The van der Waals surface area contributed by atoms with E-state index >= 15 is 0 Å². The molecule has 0 spiro atoms. The number of nitriles is 1. The Morgan fingerprint density at radius 3 is 2.53 bits per heavy atom. The number of carbonyl (C=O) groups is 1. The van der Waals surface area contributed by atoms with Gasteiger partial charge in [-0.25, -0.2) is 9.37 Å². The molecular formula is C22H18FN3O4. The van der Waals surface area contributed by atoms with Crippen molar-refractivity contribution >= 4 is 5.91 Å². The minimum atomic E-state index is -1.18. The van der Waals surface area contributed by atoms with Crippen LogP contribution in [0, 0.1) is 11.3 Å². The average Bonchev–Trinajstić information content (AvgIpc) is 2.78. The maximum absolute atomic E-state index is 13.3. The summed E-state index contributed by atoms with van der Waals surface area (Å²) in [5.41, 5.74) is 7.17. The molecule has 0 fully saturated rings. The number of aliphatic hydroxyl groups is 2. The summed E-state index contributed by atoms with van der Waals surface area (Å²) >= 11 is 0. The van der Waals surface area contributed by atoms with Crippen molar-refractivity contribution in [2.75, 3.05) is 6.61 Å². The molecule has 0 saturated carbocycles. The van der Waals surface area contributed by atoms with Crippen LogP contribution in [-0.2, 0) is 6.67 Å². The van der Waals surface area contributed by atoms with Crippen molar-refractivity contribution in [2.24, 2.45) is 5.73 Å². The van der Waals surface area contributed by atoms with Crippen LogP contribution in [0.15, 0.2) is 54.6 Å². The molecule has 1 heterocycles. The highest BCUT2D eigenvalue weighted by molar-refractivity contribution is 5.91. The van der Waals surface area contributed by atoms with Crippen LogP contribution < -0.4 is 10.5 Å². The second kappa shape index (κ2) is 9.13. The Labute approximate surface area is 171 Å². The van der Waals surface area contributed by atoms with Gasteiger partial charge in [-0.05, 0) is 60.2 Å². The van der Waals surface area contributed by atoms with Gasteiger partial charge in [0.1, 0.15) is 30.0 Å². The number of nitrogens with two attached hydrogens (primary N) is 1. The fraction of sp³-hybridized carbons (Fsp3) is 0.136. The molecule has 0 unspecified atom stereocenters. The lowest BCUT2D eigenvalue weighted by atomic mass is 10.0. The van der Waals surface area contributed by atoms with Gasteiger partial charge in [-0.1, -0.05) is 0 Å². The first-order chi connectivity index (χ1) is 14.4. The number of nitrogens with zero attached hydrogens (tertiary/aromatic N) is 2. The smallest absolute Gasteiger partial charge is 0.267 e. The summed E-state index contributed by atoms with van der Waals surface area (Å²) in [5, 5.41) is 28.0. The van der Waals surface area contributed by atoms with Gasteiger partial charge in [0.2, 0.25) is 0 Å². The molecule has 1 atom stereocenters. The largest absolute Gasteiger partial charge is 0.457 e. The van der Waals surface area contributed by atoms with E-state index in [1.807, 2.05) is 6.07 Å². The van der Waals surface area contributed by atoms with Gasteiger partial charge in [-0.15, -0.1) is 0 Å². The SMILES string of the molecule is N#Cc1ccc(Oc2ccc(-c3cc([C@H](O)CO)cc(C(N)=O)n3)cc2)c(CF)c1. The summed E-state index contributed by atoms with van der Waals surface area (Å²) in [5.74, 6) is -0.0333. The van der Waals surface area contributed by atoms with Gasteiger partial charge in [0, 0.05) is 11.1 Å². The summed E-state index contributed by atoms with van der Waals surface area (Å²) < 4.78 is 19.0. The van der Waals surface area contributed by atoms with Crippen molar-refractivity contribution < 1.29 is 24.1 Å². The van der Waals surface area contributed by atoms with E-state index in [1.165, 1.54) is 24.3 Å². The van der Waals surface area contributed by atoms with Gasteiger partial charge in [0.15, 0.2) is 0 Å². The molecule has 0 aliphatic heterocycles. The molecule has 0 aliphatic carbocycles. The first-order valence-corrected chi connectivity index (χ1v) is 8.93. The topological polar surface area (TPSA) is 129 Å². The summed E-state index contributed by atoms with van der Waals surface area (Å²) in [7, 11) is 0. The Hall–Kier alpha value is -3.80. The highest BCUT2D eigenvalue weighted by atomic mass is 19.1. The Morgan fingerprint density at radius 1 is 1.20 bits per heavy atom. The molecule has 0 radical (unpaired) electrons. The van der Waals surface area contributed by atoms with E-state index in [1.54, 1.807) is 30.3 Å². The van der Waals surface area contributed by atoms with Crippen molar-refractivity contribution in [3.63, 3.8) is 0 Å². The molecule has 0 aliphatic rings. The zero-order valence-electron chi connectivity index (χ0n) is 15.7. The van der Waals surface area contributed by atoms with Gasteiger partial charge in [0.05, 0.1) is 23.9 Å². The first kappa shape index (κ1) is 20.9. The summed E-state index contributed by atoms with van der Waals surface area (Å²) in [4.78, 5) is 15.7. The van der Waals surface area contributed by atoms with E-state index in [-0.39, 0.29) is 11.3 Å². The maximum Gasteiger partial charge on any atom is 0.267 e. The van der Waals surface area contributed by atoms with Crippen LogP contribution in [0.5, 0.6) is 11.5 Å². The van der Waals surface area contributed by atoms with E-state index in [4.69, 9.17) is 15.7 Å². The van der Waals surface area contributed by atoms with Crippen LogP contribution in [-0.4, -0.2) is 27.7 Å². The number of hydrogen-bond donors (Lipinski definition) is 3. The van der Waals surface area contributed by atoms with Gasteiger partial charge in [0.25, 0.3) is 5.91 Å². The number of aliphatic hydroxyl groups excluding tert-OH is 2. The van der Waals surface area contributed by atoms with E-state index in [0.29, 0.717) is 33.9 Å². The average molecular weight is 407 g/mol. The van der Waals surface area contributed by atoms with Gasteiger partial charge in [-0.2, -0.15) is 5.26 Å². The summed E-state index contributed by atoms with van der Waals surface area (Å²) in [6.45, 7) is -1.29. The van der Waals surface area contributed by atoms with Crippen molar-refractivity contribution in [1.29, 1.82) is 5.26 Å². The number of pyridine rings is 1. The quantitative estimate of drug-likeness (QED) is 0.552. The number of halogens is 1. The number of primary amides is 1. The number of benzene rings is 2. The third kappa shape index (κ3) is 4.60. The molecular weight excluding hydrogens is 389 g/mol. The monoisotopic (exact) mass is 407 g/mol. The normalized spacial score (nSPS) is 11.5. The second-order valence-corrected chi connectivity index (χ2v) is 6.43. The molecule has 3 rings (SSSR count). The maximum atomic E-state index is 13.3. The standard InChI is InChI=1S/C22H18FN3O4/c23-10-16-7-13(11-24)1-6-21(16)30-17-4-2-14(3-5-17)18-8-15(20(28)12-27)9-19(26-18)22(25)29/h1-9,20,27-28H,10,12H2,(H2,25,29)/t20-/m1/s1. The number of alkyl halides is 1. The number of hydrogen-bond acceptors (Lipinski definition) is 6. The predicted molar refractivity (Wildman–Crippen MR) is 106 cm³/mol. The summed E-state index contributed by atoms with van der Waals surface area (Å²) in [6, 6.07) is 15.9. The number of carbonyl (C=O) groups excluding carboxylic acids is 1. The Bertz CT molecular complexity index is 1110. The number of aromatic nitrogens is 1. The van der Waals surface area contributed by atoms with Crippen LogP contribution in [0.1, 0.15) is 33.3 Å². The zero-order valence-corrected chi connectivity index (χ0v) is 15.7. The second-order valence-electron chi connectivity index (χ2n) is 6.43. The van der Waals surface area contributed by atoms with E-state index in [0.717, 1.165) is 0 Å². The molecule has 8 heteroatoms. The molecule has 30 heavy (non-hydrogen) atoms. The van der Waals surface area contributed by atoms with E-state index in [2.05, 4.69) is 4.98 Å². The minimum absolute atomic E-state index is 0.0412. The van der Waals surface area contributed by atoms with Crippen molar-refractivity contribution in [3.05, 3.63) is 77.0 Å². The number of ether oxygens (including phenoxy) is 1. The molecule has 0 saturated heterocycles. The van der Waals surface area contributed by atoms with E-state index in [9.17, 15) is 19.4 Å². The third-order valence-corrected chi connectivity index (χ3v) is 4.37. The zero-order chi connectivity index (χ0) is 21.7. The van der Waals surface area contributed by atoms with Gasteiger partial charge in [-0.3, -0.25) is 4.79 Å². The summed E-state index contributed by atoms with van der Waals surface area (Å²) in [6.07, 6.45) is -1.18. The Balaban J connectivity index is 1.90. The molecule has 7 nitrogen and oxygen atoms in total. The predicted octanol–water partition coefficient (Wildman–Crippen LogP) is 3.01. The van der Waals surface area contributed by atoms with E-state index < -0.39 is 25.3 Å². The lowest BCUT2D eigenvalue weighted by Crippen LogP contribution is -2.15. The minimum Gasteiger partial charge on any atom is -0.457 e. The van der Waals surface area contributed by atoms with Crippen molar-refractivity contribution in [3.8, 4) is 28.8 Å². The Morgan fingerprint density at radius 2 is 1.93 bits per heavy atom. The van der Waals surface area contributed by atoms with Crippen LogP contribution in [0.3, 0.4) is 0 Å². The van der Waals surface area contributed by atoms with Gasteiger partial charge >= 0.3 is 0 Å². The van der Waals surface area contributed by atoms with Crippen LogP contribution in [0.2, 0.25) is 0 Å². The highest BCUT2D eigenvalue weighted by Crippen LogP contribution is 2.29. The van der Waals surface area contributed by atoms with Crippen LogP contribution in [0.4, 0.5) is 4.39 Å². The molecule has 3 aromatic rings. The number of rotatable bonds is 7. The van der Waals surface area contributed by atoms with Crippen LogP contribution in [0.25, 0.3) is 11.3 Å². The Kier molecular flexibility index (Phi) is 6.37. The molecule has 0 bridgehead atoms. The van der Waals surface area contributed by atoms with Crippen molar-refractivity contribution in [1.82, 2.24) is 4.98 Å². The fourth-order valence-electron chi connectivity index (χ4n) is 2.80. The highest BCUT2D eigenvalue weighted by Gasteiger charge is 2.14. The molecule has 2 aromatic carbocycles. The number of amides is 1.